The Morgan fingerprint density at radius 3 is 2.58 bits per heavy atom. The van der Waals surface area contributed by atoms with Crippen LogP contribution in [0.3, 0.4) is 0 Å². The number of carbonyl (C=O) groups excluding carboxylic acids is 1. The molecule has 1 saturated carbocycles. The highest BCUT2D eigenvalue weighted by Gasteiger charge is 2.40. The van der Waals surface area contributed by atoms with E-state index < -0.39 is 11.5 Å². The first-order chi connectivity index (χ1) is 8.92. The number of hydrogen-bond acceptors (Lipinski definition) is 2. The summed E-state index contributed by atoms with van der Waals surface area (Å²) < 4.78 is 0.641. The molecule has 1 aromatic rings. The maximum Gasteiger partial charge on any atom is 0.305 e. The van der Waals surface area contributed by atoms with Gasteiger partial charge in [0.1, 0.15) is 0 Å². The Bertz CT molecular complexity index is 529. The molecule has 0 bridgehead atoms. The van der Waals surface area contributed by atoms with Crippen molar-refractivity contribution >= 4 is 39.4 Å². The SMILES string of the molecule is O=C(O)CC1(NC(=O)c2ccc(Cl)c(Br)c2)CCC1. The van der Waals surface area contributed by atoms with Crippen molar-refractivity contribution in [2.24, 2.45) is 0 Å². The summed E-state index contributed by atoms with van der Waals surface area (Å²) in [5, 5.41) is 12.3. The summed E-state index contributed by atoms with van der Waals surface area (Å²) in [6, 6.07) is 4.88. The number of hydrogen-bond donors (Lipinski definition) is 2. The zero-order valence-electron chi connectivity index (χ0n) is 10.1. The van der Waals surface area contributed by atoms with Crippen molar-refractivity contribution in [1.82, 2.24) is 5.32 Å². The fraction of sp³-hybridized carbons (Fsp3) is 0.385. The van der Waals surface area contributed by atoms with Gasteiger partial charge in [0.25, 0.3) is 5.91 Å². The predicted molar refractivity (Wildman–Crippen MR) is 75.5 cm³/mol. The van der Waals surface area contributed by atoms with Gasteiger partial charge in [-0.2, -0.15) is 0 Å². The molecule has 102 valence electrons. The van der Waals surface area contributed by atoms with Crippen molar-refractivity contribution in [2.75, 3.05) is 0 Å². The number of amides is 1. The number of rotatable bonds is 4. The summed E-state index contributed by atoms with van der Waals surface area (Å²) in [6.07, 6.45) is 2.32. The van der Waals surface area contributed by atoms with Gasteiger partial charge in [-0.1, -0.05) is 11.6 Å². The molecule has 1 aliphatic carbocycles. The molecule has 1 fully saturated rings. The van der Waals surface area contributed by atoms with Crippen molar-refractivity contribution in [3.8, 4) is 0 Å². The van der Waals surface area contributed by atoms with Crippen LogP contribution in [0.25, 0.3) is 0 Å². The van der Waals surface area contributed by atoms with Crippen LogP contribution in [0.15, 0.2) is 22.7 Å². The molecule has 0 aromatic heterocycles. The third kappa shape index (κ3) is 3.28. The fourth-order valence-electron chi connectivity index (χ4n) is 2.19. The molecule has 0 aliphatic heterocycles. The third-order valence-electron chi connectivity index (χ3n) is 3.36. The standard InChI is InChI=1S/C13H13BrClNO3/c14-9-6-8(2-3-10(9)15)12(19)16-13(4-1-5-13)7-11(17)18/h2-3,6H,1,4-5,7H2,(H,16,19)(H,17,18). The van der Waals surface area contributed by atoms with Gasteiger partial charge in [-0.25, -0.2) is 0 Å². The summed E-state index contributed by atoms with van der Waals surface area (Å²) in [4.78, 5) is 23.0. The van der Waals surface area contributed by atoms with Crippen LogP contribution in [-0.4, -0.2) is 22.5 Å². The molecule has 1 aromatic carbocycles. The minimum Gasteiger partial charge on any atom is -0.481 e. The first kappa shape index (κ1) is 14.3. The molecule has 1 aliphatic rings. The molecular formula is C13H13BrClNO3. The van der Waals surface area contributed by atoms with E-state index in [0.29, 0.717) is 27.9 Å². The van der Waals surface area contributed by atoms with E-state index in [-0.39, 0.29) is 12.3 Å². The number of nitrogens with one attached hydrogen (secondary N) is 1. The lowest BCUT2D eigenvalue weighted by Crippen LogP contribution is -2.54. The minimum absolute atomic E-state index is 0.0342. The Kier molecular flexibility index (Phi) is 4.16. The summed E-state index contributed by atoms with van der Waals surface area (Å²) in [6.45, 7) is 0. The quantitative estimate of drug-likeness (QED) is 0.879. The van der Waals surface area contributed by atoms with Gasteiger partial charge in [-0.3, -0.25) is 9.59 Å². The second kappa shape index (κ2) is 5.51. The average molecular weight is 347 g/mol. The molecule has 0 radical (unpaired) electrons. The van der Waals surface area contributed by atoms with Gasteiger partial charge < -0.3 is 10.4 Å². The third-order valence-corrected chi connectivity index (χ3v) is 4.57. The maximum absolute atomic E-state index is 12.1. The molecule has 19 heavy (non-hydrogen) atoms. The number of carboxylic acids is 1. The summed E-state index contributed by atoms with van der Waals surface area (Å²) in [5.41, 5.74) is -0.123. The van der Waals surface area contributed by atoms with E-state index in [1.54, 1.807) is 18.2 Å². The number of carbonyl (C=O) groups is 2. The van der Waals surface area contributed by atoms with Gasteiger partial charge in [0.2, 0.25) is 0 Å². The zero-order valence-corrected chi connectivity index (χ0v) is 12.4. The normalized spacial score (nSPS) is 16.5. The van der Waals surface area contributed by atoms with E-state index in [2.05, 4.69) is 21.2 Å². The van der Waals surface area contributed by atoms with Gasteiger partial charge in [0, 0.05) is 10.0 Å². The molecule has 0 heterocycles. The summed E-state index contributed by atoms with van der Waals surface area (Å²) >= 11 is 9.13. The van der Waals surface area contributed by atoms with E-state index in [1.807, 2.05) is 0 Å². The maximum atomic E-state index is 12.1. The van der Waals surface area contributed by atoms with Crippen molar-refractivity contribution in [3.05, 3.63) is 33.3 Å². The van der Waals surface area contributed by atoms with Crippen LogP contribution in [0.1, 0.15) is 36.0 Å². The topological polar surface area (TPSA) is 66.4 Å². The van der Waals surface area contributed by atoms with Crippen LogP contribution < -0.4 is 5.32 Å². The lowest BCUT2D eigenvalue weighted by atomic mass is 9.74. The molecule has 0 spiro atoms. The highest BCUT2D eigenvalue weighted by Crippen LogP contribution is 2.35. The predicted octanol–water partition coefficient (Wildman–Crippen LogP) is 3.23. The van der Waals surface area contributed by atoms with E-state index >= 15 is 0 Å². The van der Waals surface area contributed by atoms with Gasteiger partial charge in [0.15, 0.2) is 0 Å². The molecule has 1 amide bonds. The largest absolute Gasteiger partial charge is 0.481 e. The fourth-order valence-corrected chi connectivity index (χ4v) is 2.69. The Morgan fingerprint density at radius 2 is 2.11 bits per heavy atom. The van der Waals surface area contributed by atoms with Crippen LogP contribution in [0.5, 0.6) is 0 Å². The number of carboxylic acid groups (broad SMARTS) is 1. The Balaban J connectivity index is 2.11. The molecule has 2 rings (SSSR count). The summed E-state index contributed by atoms with van der Waals surface area (Å²) in [5.74, 6) is -1.16. The van der Waals surface area contributed by atoms with Crippen LogP contribution in [0, 0.1) is 0 Å². The lowest BCUT2D eigenvalue weighted by molar-refractivity contribution is -0.139. The van der Waals surface area contributed by atoms with E-state index in [9.17, 15) is 9.59 Å². The first-order valence-corrected chi connectivity index (χ1v) is 7.08. The molecule has 0 unspecified atom stereocenters. The summed E-state index contributed by atoms with van der Waals surface area (Å²) in [7, 11) is 0. The highest BCUT2D eigenvalue weighted by molar-refractivity contribution is 9.10. The van der Waals surface area contributed by atoms with Crippen LogP contribution in [0.2, 0.25) is 5.02 Å². The smallest absolute Gasteiger partial charge is 0.305 e. The van der Waals surface area contributed by atoms with Gasteiger partial charge in [0.05, 0.1) is 17.0 Å². The number of aliphatic carboxylic acids is 1. The Morgan fingerprint density at radius 1 is 1.42 bits per heavy atom. The molecule has 0 saturated heterocycles. The van der Waals surface area contributed by atoms with Gasteiger partial charge in [-0.15, -0.1) is 0 Å². The van der Waals surface area contributed by atoms with Crippen molar-refractivity contribution in [2.45, 2.75) is 31.2 Å². The van der Waals surface area contributed by atoms with E-state index in [1.165, 1.54) is 0 Å². The Labute approximate surface area is 124 Å². The number of benzene rings is 1. The molecule has 0 atom stereocenters. The van der Waals surface area contributed by atoms with E-state index in [4.69, 9.17) is 16.7 Å². The first-order valence-electron chi connectivity index (χ1n) is 5.91. The highest BCUT2D eigenvalue weighted by atomic mass is 79.9. The second-order valence-electron chi connectivity index (χ2n) is 4.79. The number of halogens is 2. The molecule has 6 heteroatoms. The molecule has 4 nitrogen and oxygen atoms in total. The van der Waals surface area contributed by atoms with Crippen LogP contribution in [0.4, 0.5) is 0 Å². The van der Waals surface area contributed by atoms with Gasteiger partial charge in [-0.05, 0) is 53.4 Å². The van der Waals surface area contributed by atoms with Crippen LogP contribution >= 0.6 is 27.5 Å². The minimum atomic E-state index is -0.891. The molecular weight excluding hydrogens is 334 g/mol. The lowest BCUT2D eigenvalue weighted by Gasteiger charge is -2.41. The van der Waals surface area contributed by atoms with Crippen LogP contribution in [-0.2, 0) is 4.79 Å². The monoisotopic (exact) mass is 345 g/mol. The second-order valence-corrected chi connectivity index (χ2v) is 6.05. The van der Waals surface area contributed by atoms with E-state index in [0.717, 1.165) is 6.42 Å². The van der Waals surface area contributed by atoms with Crippen molar-refractivity contribution in [3.63, 3.8) is 0 Å². The average Bonchev–Trinajstić information content (AvgIpc) is 2.29. The van der Waals surface area contributed by atoms with Crippen molar-refractivity contribution in [1.29, 1.82) is 0 Å². The zero-order chi connectivity index (χ0) is 14.0. The van der Waals surface area contributed by atoms with Gasteiger partial charge >= 0.3 is 5.97 Å². The Hall–Kier alpha value is -1.07. The molecule has 2 N–H and O–H groups in total. The van der Waals surface area contributed by atoms with Crippen molar-refractivity contribution < 1.29 is 14.7 Å².